The van der Waals surface area contributed by atoms with Crippen molar-refractivity contribution in [3.63, 3.8) is 0 Å². The molecule has 3 aliphatic carbocycles. The largest absolute Gasteiger partial charge is 0.461 e. The van der Waals surface area contributed by atoms with Crippen LogP contribution in [0.3, 0.4) is 0 Å². The number of Topliss-reactive ketones (excluding diaryl/α,β-unsaturated/α-hetero) is 2. The molecule has 0 spiro atoms. The van der Waals surface area contributed by atoms with Gasteiger partial charge >= 0.3 is 11.9 Å². The highest BCUT2D eigenvalue weighted by molar-refractivity contribution is 5.93. The number of hydrogen-bond acceptors (Lipinski definition) is 9. The van der Waals surface area contributed by atoms with Crippen LogP contribution in [0.25, 0.3) is 0 Å². The molecule has 0 aromatic rings. The van der Waals surface area contributed by atoms with Crippen LogP contribution in [0.1, 0.15) is 67.2 Å². The predicted molar refractivity (Wildman–Crippen MR) is 116 cm³/mol. The van der Waals surface area contributed by atoms with Gasteiger partial charge in [-0.15, -0.1) is 0 Å². The van der Waals surface area contributed by atoms with E-state index in [-0.39, 0.29) is 37.2 Å². The number of ketones is 2. The van der Waals surface area contributed by atoms with E-state index in [0.29, 0.717) is 6.29 Å². The molecular formula is C25H34O9. The van der Waals surface area contributed by atoms with Crippen LogP contribution in [0.15, 0.2) is 0 Å². The van der Waals surface area contributed by atoms with Crippen molar-refractivity contribution in [3.05, 3.63) is 0 Å². The number of fused-ring (bicyclic) bond motifs is 1. The highest BCUT2D eigenvalue weighted by Gasteiger charge is 2.79. The van der Waals surface area contributed by atoms with E-state index >= 15 is 0 Å². The number of aliphatic hydroxyl groups excluding tert-OH is 1. The minimum atomic E-state index is -1.55. The van der Waals surface area contributed by atoms with E-state index < -0.39 is 70.0 Å². The Balaban J connectivity index is 1.85. The lowest BCUT2D eigenvalue weighted by atomic mass is 9.48. The number of hydrogen-bond donors (Lipinski definition) is 1. The maximum absolute atomic E-state index is 13.6. The van der Waals surface area contributed by atoms with Crippen molar-refractivity contribution in [2.24, 2.45) is 33.5 Å². The Labute approximate surface area is 198 Å². The fraction of sp³-hybridized carbons (Fsp3) is 0.800. The summed E-state index contributed by atoms with van der Waals surface area (Å²) in [6.45, 7) is 10.0. The van der Waals surface area contributed by atoms with E-state index in [0.717, 1.165) is 0 Å². The first kappa shape index (κ1) is 25.0. The molecule has 0 radical (unpaired) electrons. The number of aldehydes is 1. The topological polar surface area (TPSA) is 133 Å². The number of rotatable bonds is 3. The number of esters is 2. The van der Waals surface area contributed by atoms with Gasteiger partial charge in [-0.1, -0.05) is 0 Å². The predicted octanol–water partition coefficient (Wildman–Crippen LogP) is 1.76. The van der Waals surface area contributed by atoms with Crippen LogP contribution >= 0.6 is 0 Å². The van der Waals surface area contributed by atoms with E-state index in [2.05, 4.69) is 0 Å². The number of carbonyl (C=O) groups excluding carboxylic acids is 5. The fourth-order valence-corrected chi connectivity index (χ4v) is 6.38. The number of ether oxygens (including phenoxy) is 3. The van der Waals surface area contributed by atoms with Crippen LogP contribution in [0, 0.1) is 33.5 Å². The zero-order valence-corrected chi connectivity index (χ0v) is 20.6. The molecule has 1 N–H and O–H groups in total. The molecule has 0 aromatic carbocycles. The highest BCUT2D eigenvalue weighted by atomic mass is 16.7. The van der Waals surface area contributed by atoms with Gasteiger partial charge in [-0.2, -0.15) is 0 Å². The normalized spacial score (nSPS) is 41.5. The van der Waals surface area contributed by atoms with Crippen LogP contribution in [0.5, 0.6) is 0 Å². The van der Waals surface area contributed by atoms with Gasteiger partial charge < -0.3 is 24.1 Å². The lowest BCUT2D eigenvalue weighted by Crippen LogP contribution is -2.66. The zero-order chi connectivity index (χ0) is 25.4. The molecule has 0 aromatic heterocycles. The molecule has 188 valence electrons. The monoisotopic (exact) mass is 478 g/mol. The standard InChI is InChI=1S/C25H34O9/c1-22(2,3)19(30)33-16-10-24(11-26)9-12(27)7-13(28)17(24)18-14-8-15(29)25(16,18)21(32-14)34-20(31)23(4,5)6/h11,13-14,16-18,21,28H,7-10H2,1-6H3/t13-,14+,16-,17-,18-,21-,24+,25+/m1/s1. The minimum Gasteiger partial charge on any atom is -0.461 e. The molecule has 1 aliphatic heterocycles. The molecule has 4 fully saturated rings. The maximum atomic E-state index is 13.6. The van der Waals surface area contributed by atoms with Crippen LogP contribution in [-0.4, -0.2) is 59.5 Å². The Bertz CT molecular complexity index is 941. The van der Waals surface area contributed by atoms with Crippen molar-refractivity contribution in [2.45, 2.75) is 91.8 Å². The van der Waals surface area contributed by atoms with E-state index in [1.54, 1.807) is 41.5 Å². The van der Waals surface area contributed by atoms with Gasteiger partial charge in [0.15, 0.2) is 5.78 Å². The van der Waals surface area contributed by atoms with Gasteiger partial charge in [0.25, 0.3) is 0 Å². The molecular weight excluding hydrogens is 444 g/mol. The van der Waals surface area contributed by atoms with Crippen LogP contribution in [0.2, 0.25) is 0 Å². The van der Waals surface area contributed by atoms with Crippen molar-refractivity contribution >= 4 is 29.8 Å². The second kappa shape index (κ2) is 7.68. The second-order valence-corrected chi connectivity index (χ2v) is 12.5. The van der Waals surface area contributed by atoms with Gasteiger partial charge in [0.1, 0.15) is 23.6 Å². The van der Waals surface area contributed by atoms with Gasteiger partial charge in [-0.3, -0.25) is 19.2 Å². The molecule has 0 unspecified atom stereocenters. The van der Waals surface area contributed by atoms with E-state index in [1.807, 2.05) is 0 Å². The molecule has 4 rings (SSSR count). The molecule has 0 amide bonds. The van der Waals surface area contributed by atoms with Crippen molar-refractivity contribution in [2.75, 3.05) is 0 Å². The first-order valence-corrected chi connectivity index (χ1v) is 11.8. The average Bonchev–Trinajstić information content (AvgIpc) is 3.15. The van der Waals surface area contributed by atoms with Crippen LogP contribution in [0.4, 0.5) is 0 Å². The van der Waals surface area contributed by atoms with Crippen molar-refractivity contribution in [1.82, 2.24) is 0 Å². The molecule has 4 aliphatic rings. The summed E-state index contributed by atoms with van der Waals surface area (Å²) in [5, 5.41) is 11.0. The van der Waals surface area contributed by atoms with Crippen molar-refractivity contribution < 1.29 is 43.3 Å². The number of aliphatic hydroxyl groups is 1. The molecule has 8 atom stereocenters. The Hall–Kier alpha value is -2.13. The molecule has 2 bridgehead atoms. The van der Waals surface area contributed by atoms with Crippen LogP contribution in [-0.2, 0) is 38.2 Å². The van der Waals surface area contributed by atoms with E-state index in [9.17, 15) is 29.1 Å². The third-order valence-corrected chi connectivity index (χ3v) is 7.96. The third kappa shape index (κ3) is 3.46. The molecule has 9 heteroatoms. The lowest BCUT2D eigenvalue weighted by molar-refractivity contribution is -0.236. The van der Waals surface area contributed by atoms with Crippen molar-refractivity contribution in [3.8, 4) is 0 Å². The molecule has 34 heavy (non-hydrogen) atoms. The second-order valence-electron chi connectivity index (χ2n) is 12.5. The van der Waals surface area contributed by atoms with Gasteiger partial charge in [0.2, 0.25) is 6.29 Å². The Morgan fingerprint density at radius 2 is 1.59 bits per heavy atom. The summed E-state index contributed by atoms with van der Waals surface area (Å²) in [7, 11) is 0. The summed E-state index contributed by atoms with van der Waals surface area (Å²) in [5.74, 6) is -3.22. The summed E-state index contributed by atoms with van der Waals surface area (Å²) < 4.78 is 17.7. The Morgan fingerprint density at radius 1 is 1.00 bits per heavy atom. The van der Waals surface area contributed by atoms with E-state index in [1.165, 1.54) is 0 Å². The third-order valence-electron chi connectivity index (χ3n) is 7.96. The molecule has 9 nitrogen and oxygen atoms in total. The first-order valence-electron chi connectivity index (χ1n) is 11.8. The Kier molecular flexibility index (Phi) is 5.64. The summed E-state index contributed by atoms with van der Waals surface area (Å²) in [6.07, 6.45) is -4.07. The molecule has 1 saturated heterocycles. The maximum Gasteiger partial charge on any atom is 0.313 e. The summed E-state index contributed by atoms with van der Waals surface area (Å²) >= 11 is 0. The SMILES string of the molecule is CC(C)(C)C(=O)O[C@H]1O[C@H]2CC(=O)[C@]13[C@H]2[C@H]1[C@H](O)CC(=O)C[C@@]1(C=O)C[C@H]3OC(=O)C(C)(C)C. The average molecular weight is 479 g/mol. The Morgan fingerprint density at radius 3 is 2.15 bits per heavy atom. The highest BCUT2D eigenvalue weighted by Crippen LogP contribution is 2.68. The number of carbonyl (C=O) groups is 5. The van der Waals surface area contributed by atoms with Gasteiger partial charge in [0.05, 0.1) is 23.0 Å². The lowest BCUT2D eigenvalue weighted by Gasteiger charge is -2.56. The minimum absolute atomic E-state index is 0.0100. The van der Waals surface area contributed by atoms with Gasteiger partial charge in [-0.25, -0.2) is 0 Å². The quantitative estimate of drug-likeness (QED) is 0.476. The molecule has 1 heterocycles. The first-order chi connectivity index (χ1) is 15.6. The molecule has 3 saturated carbocycles. The van der Waals surface area contributed by atoms with Gasteiger partial charge in [0, 0.05) is 36.5 Å². The summed E-state index contributed by atoms with van der Waals surface area (Å²) in [5.41, 5.74) is -4.64. The van der Waals surface area contributed by atoms with E-state index in [4.69, 9.17) is 14.2 Å². The fourth-order valence-electron chi connectivity index (χ4n) is 6.38. The zero-order valence-electron chi connectivity index (χ0n) is 20.6. The van der Waals surface area contributed by atoms with Crippen molar-refractivity contribution in [1.29, 1.82) is 0 Å². The smallest absolute Gasteiger partial charge is 0.313 e. The summed E-state index contributed by atoms with van der Waals surface area (Å²) in [4.78, 5) is 64.3. The van der Waals surface area contributed by atoms with Gasteiger partial charge in [-0.05, 0) is 48.0 Å². The summed E-state index contributed by atoms with van der Waals surface area (Å²) in [6, 6.07) is 0. The van der Waals surface area contributed by atoms with Crippen LogP contribution < -0.4 is 0 Å².